The van der Waals surface area contributed by atoms with E-state index in [0.29, 0.717) is 0 Å². The van der Waals surface area contributed by atoms with Crippen molar-refractivity contribution in [1.82, 2.24) is 0 Å². The molecule has 0 aromatic carbocycles. The minimum absolute atomic E-state index is 0. The van der Waals surface area contributed by atoms with Crippen LogP contribution in [0.3, 0.4) is 0 Å². The fourth-order valence-electron chi connectivity index (χ4n) is 0.258. The van der Waals surface area contributed by atoms with Crippen LogP contribution in [0.25, 0.3) is 0 Å². The molecule has 3 N–H and O–H groups in total. The van der Waals surface area contributed by atoms with Crippen LogP contribution in [0.4, 0.5) is 0 Å². The van der Waals surface area contributed by atoms with E-state index in [1.54, 1.807) is 0 Å². The average Bonchev–Trinajstić information content (AvgIpc) is 2.04. The minimum atomic E-state index is -4.80. The van der Waals surface area contributed by atoms with Crippen LogP contribution >= 0.6 is 0 Å². The summed E-state index contributed by atoms with van der Waals surface area (Å²) in [4.78, 5) is 28.0. The molecular formula is H3AlO18S3Si3. The molecule has 0 saturated carbocycles. The normalized spacial score (nSPS) is 10.2. The molecule has 0 fully saturated rings. The molecule has 0 aromatic rings. The predicted octanol–water partition coefficient (Wildman–Crippen LogP) is -7.64. The van der Waals surface area contributed by atoms with Crippen molar-refractivity contribution >= 4 is 76.1 Å². The van der Waals surface area contributed by atoms with Crippen molar-refractivity contribution in [2.24, 2.45) is 0 Å². The third-order valence-electron chi connectivity index (χ3n) is 0.520. The Balaban J connectivity index is -0.000000130. The molecule has 0 rings (SSSR count). The molecule has 0 saturated heterocycles. The summed E-state index contributed by atoms with van der Waals surface area (Å²) in [6.07, 6.45) is 0. The average molecular weight is 498 g/mol. The van der Waals surface area contributed by atoms with Crippen LogP contribution in [0.2, 0.25) is 0 Å². The fourth-order valence-corrected chi connectivity index (χ4v) is 2.32. The van der Waals surface area contributed by atoms with Gasteiger partial charge in [0, 0.05) is 0 Å². The Hall–Kier alpha value is -0.887. The Bertz CT molecular complexity index is 635. The molecule has 0 aliphatic carbocycles. The molecule has 0 bridgehead atoms. The van der Waals surface area contributed by atoms with Gasteiger partial charge in [-0.3, -0.25) is 13.7 Å². The molecule has 0 amide bonds. The molecule has 144 valence electrons. The summed E-state index contributed by atoms with van der Waals surface area (Å²) in [6.45, 7) is 0. The molecule has 0 aromatic heterocycles. The monoisotopic (exact) mass is 498 g/mol. The smallest absolute Gasteiger partial charge is 0.478 e. The Morgan fingerprint density at radius 3 is 0.680 bits per heavy atom. The molecule has 25 heteroatoms. The molecule has 0 atom stereocenters. The van der Waals surface area contributed by atoms with Crippen molar-refractivity contribution in [3.63, 3.8) is 0 Å². The van der Waals surface area contributed by atoms with Gasteiger partial charge in [0.15, 0.2) is 0 Å². The number of hydrogen-bond acceptors (Lipinski definition) is 15. The SMILES string of the molecule is O=[Si]([O-])OS(=O)(=O)O.O=[Si]([O-])OS(=O)(=O)O.O=[Si]([O-])OS(=O)(=O)O.[Al+3]. The maximum Gasteiger partial charge on any atom is 3.00 e. The van der Waals surface area contributed by atoms with Gasteiger partial charge in [0.2, 0.25) is 0 Å². The zero-order valence-corrected chi connectivity index (χ0v) is 17.4. The summed E-state index contributed by atoms with van der Waals surface area (Å²) < 4.78 is 116. The van der Waals surface area contributed by atoms with Crippen LogP contribution in [-0.2, 0) is 56.2 Å². The maximum absolute atomic E-state index is 9.40. The van der Waals surface area contributed by atoms with Crippen LogP contribution in [-0.4, -0.2) is 83.8 Å². The quantitative estimate of drug-likeness (QED) is 0.226. The van der Waals surface area contributed by atoms with Gasteiger partial charge in [-0.25, -0.2) is 0 Å². The predicted molar refractivity (Wildman–Crippen MR) is 63.0 cm³/mol. The zero-order valence-electron chi connectivity index (χ0n) is 10.8. The van der Waals surface area contributed by atoms with E-state index in [2.05, 4.69) is 11.6 Å². The summed E-state index contributed by atoms with van der Waals surface area (Å²) in [7, 11) is -25.9. The summed E-state index contributed by atoms with van der Waals surface area (Å²) in [6, 6.07) is 0. The van der Waals surface area contributed by atoms with E-state index < -0.39 is 58.7 Å². The topological polar surface area (TPSA) is 311 Å². The summed E-state index contributed by atoms with van der Waals surface area (Å²) in [5.74, 6) is 0. The third-order valence-corrected chi connectivity index (χ3v) is 4.68. The second kappa shape index (κ2) is 13.3. The van der Waals surface area contributed by atoms with E-state index in [9.17, 15) is 53.0 Å². The van der Waals surface area contributed by atoms with Crippen molar-refractivity contribution in [2.75, 3.05) is 0 Å². The van der Waals surface area contributed by atoms with Crippen molar-refractivity contribution in [2.45, 2.75) is 0 Å². The van der Waals surface area contributed by atoms with E-state index in [1.807, 2.05) is 0 Å². The van der Waals surface area contributed by atoms with E-state index in [-0.39, 0.29) is 17.4 Å². The van der Waals surface area contributed by atoms with Gasteiger partial charge in [-0.1, -0.05) is 0 Å². The first-order valence-corrected chi connectivity index (χ1v) is 11.7. The van der Waals surface area contributed by atoms with Gasteiger partial charge in [0.05, 0.1) is 0 Å². The Labute approximate surface area is 154 Å². The van der Waals surface area contributed by atoms with Crippen LogP contribution in [0.5, 0.6) is 0 Å². The standard InChI is InChI=1S/Al.3HO6SSi/c;3*1-7(2,3)6-8(4)5/h;3*(H,1,2,3)/q+3;3*-1. The molecule has 0 heterocycles. The number of rotatable bonds is 6. The van der Waals surface area contributed by atoms with Crippen molar-refractivity contribution < 1.29 is 78.3 Å². The first-order valence-electron chi connectivity index (χ1n) is 3.88. The van der Waals surface area contributed by atoms with Gasteiger partial charge in [0.25, 0.3) is 0 Å². The molecule has 25 heavy (non-hydrogen) atoms. The van der Waals surface area contributed by atoms with Crippen LogP contribution in [0.1, 0.15) is 0 Å². The molecule has 0 spiro atoms. The van der Waals surface area contributed by atoms with E-state index in [1.165, 1.54) is 0 Å². The van der Waals surface area contributed by atoms with E-state index in [4.69, 9.17) is 13.7 Å². The molecule has 0 unspecified atom stereocenters. The summed E-state index contributed by atoms with van der Waals surface area (Å²) in [5, 5.41) is 0. The Kier molecular flexibility index (Phi) is 17.0. The largest absolute Gasteiger partial charge is 3.00 e. The van der Waals surface area contributed by atoms with Crippen molar-refractivity contribution in [3.05, 3.63) is 0 Å². The fraction of sp³-hybridized carbons (Fsp3) is 0. The van der Waals surface area contributed by atoms with Gasteiger partial charge in [-0.15, -0.1) is 0 Å². The molecule has 0 aliphatic heterocycles. The first kappa shape index (κ1) is 31.8. The molecule has 0 radical (unpaired) electrons. The molecular weight excluding hydrogens is 495 g/mol. The second-order valence-electron chi connectivity index (χ2n) is 2.28. The van der Waals surface area contributed by atoms with E-state index >= 15 is 0 Å². The van der Waals surface area contributed by atoms with Crippen molar-refractivity contribution in [1.29, 1.82) is 0 Å². The second-order valence-corrected chi connectivity index (χ2v) is 8.35. The Morgan fingerprint density at radius 1 is 0.560 bits per heavy atom. The van der Waals surface area contributed by atoms with Crippen LogP contribution < -0.4 is 14.4 Å². The Morgan fingerprint density at radius 2 is 0.680 bits per heavy atom. The van der Waals surface area contributed by atoms with E-state index in [0.717, 1.165) is 0 Å². The van der Waals surface area contributed by atoms with Gasteiger partial charge in [0.1, 0.15) is 0 Å². The first-order chi connectivity index (χ1) is 10.2. The van der Waals surface area contributed by atoms with Crippen LogP contribution in [0, 0.1) is 0 Å². The maximum atomic E-state index is 9.40. The molecule has 18 nitrogen and oxygen atoms in total. The van der Waals surface area contributed by atoms with Gasteiger partial charge in [-0.2, -0.15) is 25.3 Å². The van der Waals surface area contributed by atoms with Gasteiger partial charge in [-0.05, 0) is 0 Å². The summed E-state index contributed by atoms with van der Waals surface area (Å²) >= 11 is 0. The third kappa shape index (κ3) is 51.7. The summed E-state index contributed by atoms with van der Waals surface area (Å²) in [5.41, 5.74) is 0. The van der Waals surface area contributed by atoms with Crippen LogP contribution in [0.15, 0.2) is 0 Å². The van der Waals surface area contributed by atoms with Gasteiger partial charge >= 0.3 is 76.1 Å². The van der Waals surface area contributed by atoms with Crippen molar-refractivity contribution in [3.8, 4) is 0 Å². The van der Waals surface area contributed by atoms with Gasteiger partial charge < -0.3 is 39.4 Å². The molecule has 0 aliphatic rings. The minimum Gasteiger partial charge on any atom is -0.478 e. The number of hydrogen-bond donors (Lipinski definition) is 3. The zero-order chi connectivity index (χ0) is 20.4.